The molecule has 1 aliphatic rings. The maximum atomic E-state index is 5.76. The average Bonchev–Trinajstić information content (AvgIpc) is 2.93. The van der Waals surface area contributed by atoms with Crippen LogP contribution >= 0.6 is 15.9 Å². The first kappa shape index (κ1) is 12.6. The van der Waals surface area contributed by atoms with E-state index in [1.807, 2.05) is 18.2 Å². The highest BCUT2D eigenvalue weighted by Crippen LogP contribution is 2.29. The highest BCUT2D eigenvalue weighted by Gasteiger charge is 2.22. The van der Waals surface area contributed by atoms with Crippen molar-refractivity contribution in [1.29, 1.82) is 0 Å². The van der Waals surface area contributed by atoms with Crippen molar-refractivity contribution in [2.24, 2.45) is 0 Å². The number of hydrogen-bond donors (Lipinski definition) is 1. The van der Waals surface area contributed by atoms with Crippen LogP contribution in [0.4, 0.5) is 5.69 Å². The van der Waals surface area contributed by atoms with Gasteiger partial charge in [0, 0.05) is 28.2 Å². The van der Waals surface area contributed by atoms with Crippen LogP contribution in [0.5, 0.6) is 0 Å². The third kappa shape index (κ3) is 2.64. The molecule has 1 aromatic carbocycles. The number of ether oxygens (including phenoxy) is 1. The summed E-state index contributed by atoms with van der Waals surface area (Å²) in [6, 6.07) is 5.56. The van der Waals surface area contributed by atoms with Crippen molar-refractivity contribution in [3.05, 3.63) is 28.5 Å². The van der Waals surface area contributed by atoms with Crippen molar-refractivity contribution < 1.29 is 9.26 Å². The Morgan fingerprint density at radius 2 is 2.26 bits per heavy atom. The summed E-state index contributed by atoms with van der Waals surface area (Å²) in [5.74, 6) is 1.48. The zero-order chi connectivity index (χ0) is 13.2. The molecule has 2 aromatic rings. The van der Waals surface area contributed by atoms with E-state index in [0.29, 0.717) is 18.2 Å². The monoisotopic (exact) mass is 323 g/mol. The van der Waals surface area contributed by atoms with E-state index in [9.17, 15) is 0 Å². The number of benzene rings is 1. The maximum absolute atomic E-state index is 5.76. The normalized spacial score (nSPS) is 19.5. The Kier molecular flexibility index (Phi) is 3.52. The Morgan fingerprint density at radius 1 is 1.37 bits per heavy atom. The lowest BCUT2D eigenvalue weighted by Gasteiger charge is -2.18. The number of nitrogen functional groups attached to an aromatic ring is 1. The predicted octanol–water partition coefficient (Wildman–Crippen LogP) is 2.98. The van der Waals surface area contributed by atoms with E-state index in [1.165, 1.54) is 0 Å². The number of nitrogens with zero attached hydrogens (tertiary/aromatic N) is 2. The Morgan fingerprint density at radius 3 is 3.00 bits per heavy atom. The van der Waals surface area contributed by atoms with Crippen LogP contribution in [0.3, 0.4) is 0 Å². The molecule has 0 radical (unpaired) electrons. The standard InChI is InChI=1S/C13H14BrN3O2/c14-10-6-8(3-4-11(10)15)13-16-12(17-19-13)9-2-1-5-18-7-9/h3-4,6,9H,1-2,5,7,15H2. The van der Waals surface area contributed by atoms with E-state index in [-0.39, 0.29) is 5.92 Å². The molecule has 6 heteroatoms. The van der Waals surface area contributed by atoms with Gasteiger partial charge in [-0.25, -0.2) is 0 Å². The van der Waals surface area contributed by atoms with Gasteiger partial charge in [0.2, 0.25) is 0 Å². The number of aromatic nitrogens is 2. The zero-order valence-electron chi connectivity index (χ0n) is 10.3. The van der Waals surface area contributed by atoms with Gasteiger partial charge >= 0.3 is 0 Å². The fourth-order valence-electron chi connectivity index (χ4n) is 2.12. The molecule has 1 saturated heterocycles. The van der Waals surface area contributed by atoms with Gasteiger partial charge in [0.25, 0.3) is 5.89 Å². The van der Waals surface area contributed by atoms with E-state index in [4.69, 9.17) is 15.0 Å². The third-order valence-electron chi connectivity index (χ3n) is 3.21. The minimum absolute atomic E-state index is 0.239. The third-order valence-corrected chi connectivity index (χ3v) is 3.90. The van der Waals surface area contributed by atoms with Crippen LogP contribution in [-0.2, 0) is 4.74 Å². The topological polar surface area (TPSA) is 74.2 Å². The molecule has 1 atom stereocenters. The van der Waals surface area contributed by atoms with Crippen LogP contribution in [0.2, 0.25) is 0 Å². The Bertz CT molecular complexity index is 579. The van der Waals surface area contributed by atoms with E-state index in [2.05, 4.69) is 26.1 Å². The number of hydrogen-bond acceptors (Lipinski definition) is 5. The Hall–Kier alpha value is -1.40. The van der Waals surface area contributed by atoms with Crippen LogP contribution in [0.1, 0.15) is 24.6 Å². The predicted molar refractivity (Wildman–Crippen MR) is 74.6 cm³/mol. The highest BCUT2D eigenvalue weighted by molar-refractivity contribution is 9.10. The summed E-state index contributed by atoms with van der Waals surface area (Å²) in [7, 11) is 0. The van der Waals surface area contributed by atoms with Crippen molar-refractivity contribution in [3.63, 3.8) is 0 Å². The van der Waals surface area contributed by atoms with Crippen molar-refractivity contribution >= 4 is 21.6 Å². The van der Waals surface area contributed by atoms with E-state index >= 15 is 0 Å². The first-order valence-corrected chi connectivity index (χ1v) is 7.00. The molecule has 1 aromatic heterocycles. The molecule has 1 aliphatic heterocycles. The van der Waals surface area contributed by atoms with Crippen LogP contribution in [0, 0.1) is 0 Å². The summed E-state index contributed by atoms with van der Waals surface area (Å²) in [5.41, 5.74) is 7.30. The average molecular weight is 324 g/mol. The Labute approximate surface area is 119 Å². The fraction of sp³-hybridized carbons (Fsp3) is 0.385. The molecule has 2 N–H and O–H groups in total. The van der Waals surface area contributed by atoms with Crippen molar-refractivity contribution in [2.75, 3.05) is 18.9 Å². The van der Waals surface area contributed by atoms with Crippen LogP contribution in [-0.4, -0.2) is 23.4 Å². The number of rotatable bonds is 2. The van der Waals surface area contributed by atoms with Gasteiger partial charge in [0.05, 0.1) is 6.61 Å². The first-order chi connectivity index (χ1) is 9.24. The molecule has 5 nitrogen and oxygen atoms in total. The summed E-state index contributed by atoms with van der Waals surface area (Å²) in [6.07, 6.45) is 2.09. The van der Waals surface area contributed by atoms with Crippen molar-refractivity contribution in [2.45, 2.75) is 18.8 Å². The lowest BCUT2D eigenvalue weighted by molar-refractivity contribution is 0.0773. The molecular weight excluding hydrogens is 310 g/mol. The minimum atomic E-state index is 0.239. The maximum Gasteiger partial charge on any atom is 0.257 e. The summed E-state index contributed by atoms with van der Waals surface area (Å²) in [4.78, 5) is 4.46. The largest absolute Gasteiger partial charge is 0.398 e. The molecule has 0 bridgehead atoms. The van der Waals surface area contributed by atoms with Crippen LogP contribution in [0.25, 0.3) is 11.5 Å². The molecule has 3 rings (SSSR count). The fourth-order valence-corrected chi connectivity index (χ4v) is 2.50. The van der Waals surface area contributed by atoms with Crippen molar-refractivity contribution in [3.8, 4) is 11.5 Å². The lowest BCUT2D eigenvalue weighted by atomic mass is 10.0. The second kappa shape index (κ2) is 5.30. The molecule has 1 unspecified atom stereocenters. The molecular formula is C13H14BrN3O2. The quantitative estimate of drug-likeness (QED) is 0.860. The summed E-state index contributed by atoms with van der Waals surface area (Å²) < 4.78 is 11.6. The van der Waals surface area contributed by atoms with Crippen LogP contribution in [0.15, 0.2) is 27.2 Å². The summed E-state index contributed by atoms with van der Waals surface area (Å²) >= 11 is 3.39. The van der Waals surface area contributed by atoms with Gasteiger partial charge in [0.1, 0.15) is 0 Å². The zero-order valence-corrected chi connectivity index (χ0v) is 11.9. The molecule has 0 amide bonds. The smallest absolute Gasteiger partial charge is 0.257 e. The molecule has 0 aliphatic carbocycles. The van der Waals surface area contributed by atoms with Gasteiger partial charge in [0.15, 0.2) is 5.82 Å². The molecule has 0 saturated carbocycles. The van der Waals surface area contributed by atoms with E-state index in [1.54, 1.807) is 0 Å². The van der Waals surface area contributed by atoms with Gasteiger partial charge in [-0.05, 0) is 47.0 Å². The van der Waals surface area contributed by atoms with Gasteiger partial charge in [-0.15, -0.1) is 0 Å². The van der Waals surface area contributed by atoms with Gasteiger partial charge in [-0.2, -0.15) is 4.98 Å². The molecule has 100 valence electrons. The van der Waals surface area contributed by atoms with Gasteiger partial charge in [-0.1, -0.05) is 5.16 Å². The van der Waals surface area contributed by atoms with E-state index in [0.717, 1.165) is 35.3 Å². The molecule has 2 heterocycles. The van der Waals surface area contributed by atoms with Crippen molar-refractivity contribution in [1.82, 2.24) is 10.1 Å². The summed E-state index contributed by atoms with van der Waals surface area (Å²) in [5, 5.41) is 4.06. The second-order valence-corrected chi connectivity index (χ2v) is 5.46. The highest BCUT2D eigenvalue weighted by atomic mass is 79.9. The number of halogens is 1. The number of anilines is 1. The Balaban J connectivity index is 1.85. The molecule has 0 spiro atoms. The second-order valence-electron chi connectivity index (χ2n) is 4.61. The molecule has 1 fully saturated rings. The van der Waals surface area contributed by atoms with Crippen LogP contribution < -0.4 is 5.73 Å². The first-order valence-electron chi connectivity index (χ1n) is 6.21. The minimum Gasteiger partial charge on any atom is -0.398 e. The van der Waals surface area contributed by atoms with Gasteiger partial charge in [-0.3, -0.25) is 0 Å². The molecule has 19 heavy (non-hydrogen) atoms. The van der Waals surface area contributed by atoms with Gasteiger partial charge < -0.3 is 15.0 Å². The summed E-state index contributed by atoms with van der Waals surface area (Å²) in [6.45, 7) is 1.50. The number of nitrogens with two attached hydrogens (primary N) is 1. The SMILES string of the molecule is Nc1ccc(-c2nc(C3CCCOC3)no2)cc1Br. The lowest BCUT2D eigenvalue weighted by Crippen LogP contribution is -2.16. The van der Waals surface area contributed by atoms with E-state index < -0.39 is 0 Å².